The lowest BCUT2D eigenvalue weighted by atomic mass is 10.1. The molecule has 0 fully saturated rings. The maximum atomic E-state index is 11.7. The molecule has 0 radical (unpaired) electrons. The number of anilines is 2. The lowest BCUT2D eigenvalue weighted by Crippen LogP contribution is -2.09. The van der Waals surface area contributed by atoms with Gasteiger partial charge in [-0.3, -0.25) is 0 Å². The van der Waals surface area contributed by atoms with Gasteiger partial charge in [-0.2, -0.15) is 0 Å². The molecule has 146 valence electrons. The molecule has 8 heteroatoms. The number of carboxylic acids is 1. The van der Waals surface area contributed by atoms with Crippen molar-refractivity contribution in [3.63, 3.8) is 0 Å². The molecule has 0 atom stereocenters. The van der Waals surface area contributed by atoms with Gasteiger partial charge < -0.3 is 15.2 Å². The van der Waals surface area contributed by atoms with Crippen LogP contribution in [-0.2, 0) is 6.54 Å². The molecule has 0 saturated heterocycles. The van der Waals surface area contributed by atoms with E-state index in [1.54, 1.807) is 19.2 Å². The number of benzene rings is 3. The Morgan fingerprint density at radius 2 is 1.83 bits per heavy atom. The van der Waals surface area contributed by atoms with E-state index >= 15 is 0 Å². The van der Waals surface area contributed by atoms with E-state index in [1.165, 1.54) is 4.68 Å². The van der Waals surface area contributed by atoms with Crippen LogP contribution in [0.5, 0.6) is 5.75 Å². The van der Waals surface area contributed by atoms with E-state index < -0.39 is 5.97 Å². The number of carboxylic acid groups (broad SMARTS) is 1. The predicted octanol–water partition coefficient (Wildman–Crippen LogP) is 4.58. The number of nitrogens with one attached hydrogen (secondary N) is 1. The summed E-state index contributed by atoms with van der Waals surface area (Å²) in [7, 11) is 1.60. The van der Waals surface area contributed by atoms with Gasteiger partial charge in [0.15, 0.2) is 5.82 Å². The third-order valence-corrected chi connectivity index (χ3v) is 4.88. The van der Waals surface area contributed by atoms with Crippen molar-refractivity contribution in [3.05, 3.63) is 76.9 Å². The number of rotatable bonds is 6. The zero-order chi connectivity index (χ0) is 20.4. The van der Waals surface area contributed by atoms with Gasteiger partial charge in [0.1, 0.15) is 5.75 Å². The highest BCUT2D eigenvalue weighted by Crippen LogP contribution is 2.32. The first-order valence-electron chi connectivity index (χ1n) is 8.81. The SMILES string of the molecule is COc1ccc(Cn2nnc(C(=O)O)c2Nc2ccc(Cl)c3ccccc23)cc1. The van der Waals surface area contributed by atoms with Crippen molar-refractivity contribution in [3.8, 4) is 5.75 Å². The Labute approximate surface area is 171 Å². The van der Waals surface area contributed by atoms with Crippen LogP contribution in [0, 0.1) is 0 Å². The molecule has 0 spiro atoms. The molecule has 1 heterocycles. The fraction of sp³-hybridized carbons (Fsp3) is 0.0952. The van der Waals surface area contributed by atoms with Crippen molar-refractivity contribution in [2.45, 2.75) is 6.54 Å². The highest BCUT2D eigenvalue weighted by atomic mass is 35.5. The van der Waals surface area contributed by atoms with Gasteiger partial charge in [-0.25, -0.2) is 9.48 Å². The van der Waals surface area contributed by atoms with Gasteiger partial charge in [-0.15, -0.1) is 5.10 Å². The second kappa shape index (κ2) is 7.81. The fourth-order valence-electron chi connectivity index (χ4n) is 3.09. The number of halogens is 1. The van der Waals surface area contributed by atoms with Crippen molar-refractivity contribution in [1.29, 1.82) is 0 Å². The van der Waals surface area contributed by atoms with E-state index in [4.69, 9.17) is 16.3 Å². The van der Waals surface area contributed by atoms with Gasteiger partial charge in [0, 0.05) is 21.5 Å². The molecular weight excluding hydrogens is 392 g/mol. The number of nitrogens with zero attached hydrogens (tertiary/aromatic N) is 3. The van der Waals surface area contributed by atoms with Crippen LogP contribution in [0.25, 0.3) is 10.8 Å². The summed E-state index contributed by atoms with van der Waals surface area (Å²) in [5.74, 6) is -0.128. The van der Waals surface area contributed by atoms with E-state index in [0.717, 1.165) is 22.1 Å². The Kier molecular flexibility index (Phi) is 5.05. The second-order valence-corrected chi connectivity index (χ2v) is 6.77. The van der Waals surface area contributed by atoms with Crippen molar-refractivity contribution in [1.82, 2.24) is 15.0 Å². The average molecular weight is 409 g/mol. The van der Waals surface area contributed by atoms with E-state index in [2.05, 4.69) is 15.6 Å². The number of hydrogen-bond acceptors (Lipinski definition) is 5. The van der Waals surface area contributed by atoms with Crippen LogP contribution in [0.3, 0.4) is 0 Å². The van der Waals surface area contributed by atoms with Crippen LogP contribution in [0.2, 0.25) is 5.02 Å². The topological polar surface area (TPSA) is 89.3 Å². The number of aromatic nitrogens is 3. The highest BCUT2D eigenvalue weighted by Gasteiger charge is 2.20. The predicted molar refractivity (Wildman–Crippen MR) is 111 cm³/mol. The molecule has 0 aliphatic rings. The minimum Gasteiger partial charge on any atom is -0.497 e. The summed E-state index contributed by atoms with van der Waals surface area (Å²) in [6.45, 7) is 0.345. The molecule has 2 N–H and O–H groups in total. The summed E-state index contributed by atoms with van der Waals surface area (Å²) in [6.07, 6.45) is 0. The first kappa shape index (κ1) is 18.8. The van der Waals surface area contributed by atoms with Gasteiger partial charge in [0.05, 0.1) is 13.7 Å². The molecule has 0 amide bonds. The summed E-state index contributed by atoms with van der Waals surface area (Å²) in [5, 5.41) is 23.0. The van der Waals surface area contributed by atoms with Gasteiger partial charge in [0.25, 0.3) is 0 Å². The third-order valence-electron chi connectivity index (χ3n) is 4.55. The zero-order valence-corrected chi connectivity index (χ0v) is 16.2. The van der Waals surface area contributed by atoms with Crippen LogP contribution in [0.15, 0.2) is 60.7 Å². The Morgan fingerprint density at radius 3 is 2.52 bits per heavy atom. The number of aromatic carboxylic acids is 1. The Balaban J connectivity index is 1.74. The normalized spacial score (nSPS) is 10.8. The molecule has 4 rings (SSSR count). The summed E-state index contributed by atoms with van der Waals surface area (Å²) >= 11 is 6.29. The number of carbonyl (C=O) groups is 1. The lowest BCUT2D eigenvalue weighted by Gasteiger charge is -2.13. The number of hydrogen-bond donors (Lipinski definition) is 2. The van der Waals surface area contributed by atoms with E-state index in [1.807, 2.05) is 48.5 Å². The molecule has 0 bridgehead atoms. The third kappa shape index (κ3) is 3.72. The first-order chi connectivity index (χ1) is 14.1. The molecule has 0 unspecified atom stereocenters. The van der Waals surface area contributed by atoms with Crippen molar-refractivity contribution in [2.75, 3.05) is 12.4 Å². The van der Waals surface area contributed by atoms with Crippen molar-refractivity contribution < 1.29 is 14.6 Å². The van der Waals surface area contributed by atoms with Gasteiger partial charge in [-0.1, -0.05) is 53.2 Å². The maximum absolute atomic E-state index is 11.7. The quantitative estimate of drug-likeness (QED) is 0.485. The molecule has 0 aliphatic heterocycles. The molecule has 0 saturated carbocycles. The molecular formula is C21H17ClN4O3. The lowest BCUT2D eigenvalue weighted by molar-refractivity contribution is 0.0691. The first-order valence-corrected chi connectivity index (χ1v) is 9.18. The molecule has 4 aromatic rings. The van der Waals surface area contributed by atoms with E-state index in [0.29, 0.717) is 23.1 Å². The largest absolute Gasteiger partial charge is 0.497 e. The number of ether oxygens (including phenoxy) is 1. The highest BCUT2D eigenvalue weighted by molar-refractivity contribution is 6.36. The minimum absolute atomic E-state index is 0.155. The average Bonchev–Trinajstić information content (AvgIpc) is 3.13. The summed E-state index contributed by atoms with van der Waals surface area (Å²) in [6, 6.07) is 18.7. The summed E-state index contributed by atoms with van der Waals surface area (Å²) in [5.41, 5.74) is 1.49. The van der Waals surface area contributed by atoms with Crippen molar-refractivity contribution in [2.24, 2.45) is 0 Å². The fourth-order valence-corrected chi connectivity index (χ4v) is 3.32. The second-order valence-electron chi connectivity index (χ2n) is 6.36. The maximum Gasteiger partial charge on any atom is 0.360 e. The summed E-state index contributed by atoms with van der Waals surface area (Å²) in [4.78, 5) is 11.7. The molecule has 29 heavy (non-hydrogen) atoms. The standard InChI is InChI=1S/C21H17ClN4O3/c1-29-14-8-6-13(7-9-14)12-26-20(19(21(27)28)24-25-26)23-18-11-10-17(22)15-4-2-3-5-16(15)18/h2-11,23H,12H2,1H3,(H,27,28). The van der Waals surface area contributed by atoms with E-state index in [-0.39, 0.29) is 5.69 Å². The van der Waals surface area contributed by atoms with Gasteiger partial charge in [0.2, 0.25) is 5.69 Å². The molecule has 1 aromatic heterocycles. The van der Waals surface area contributed by atoms with Crippen LogP contribution in [0.1, 0.15) is 16.1 Å². The minimum atomic E-state index is -1.16. The Morgan fingerprint density at radius 1 is 1.10 bits per heavy atom. The van der Waals surface area contributed by atoms with E-state index in [9.17, 15) is 9.90 Å². The number of fused-ring (bicyclic) bond motifs is 1. The van der Waals surface area contributed by atoms with Gasteiger partial charge >= 0.3 is 5.97 Å². The zero-order valence-electron chi connectivity index (χ0n) is 15.5. The Hall–Kier alpha value is -3.58. The van der Waals surface area contributed by atoms with Gasteiger partial charge in [-0.05, 0) is 29.8 Å². The van der Waals surface area contributed by atoms with Crippen LogP contribution >= 0.6 is 11.6 Å². The molecule has 3 aromatic carbocycles. The smallest absolute Gasteiger partial charge is 0.360 e. The molecule has 7 nitrogen and oxygen atoms in total. The van der Waals surface area contributed by atoms with Crippen LogP contribution in [-0.4, -0.2) is 33.2 Å². The van der Waals surface area contributed by atoms with Crippen LogP contribution in [0.4, 0.5) is 11.5 Å². The Bertz CT molecular complexity index is 1190. The molecule has 0 aliphatic carbocycles. The monoisotopic (exact) mass is 408 g/mol. The number of methoxy groups -OCH3 is 1. The van der Waals surface area contributed by atoms with Crippen molar-refractivity contribution >= 4 is 39.8 Å². The summed E-state index contributed by atoms with van der Waals surface area (Å²) < 4.78 is 6.70. The van der Waals surface area contributed by atoms with Crippen LogP contribution < -0.4 is 10.1 Å².